The second-order valence-corrected chi connectivity index (χ2v) is 12.3. The summed E-state index contributed by atoms with van der Waals surface area (Å²) in [4.78, 5) is 58.4. The Morgan fingerprint density at radius 3 is 2.60 bits per heavy atom. The minimum absolute atomic E-state index is 0.0718. The normalized spacial score (nSPS) is 26.2. The molecule has 10 nitrogen and oxygen atoms in total. The van der Waals surface area contributed by atoms with Gasteiger partial charge in [-0.3, -0.25) is 19.2 Å². The van der Waals surface area contributed by atoms with Gasteiger partial charge in [-0.05, 0) is 37.7 Å². The van der Waals surface area contributed by atoms with Gasteiger partial charge >= 0.3 is 5.97 Å². The largest absolute Gasteiger partial charge is 0.463 e. The molecule has 0 saturated carbocycles. The molecule has 1 spiro atoms. The molecule has 3 amide bonds. The molecule has 3 heterocycles. The number of nitrogens with zero attached hydrogens (tertiary/aromatic N) is 2. The molecular formula is C35H49N3O7. The Balaban J connectivity index is 1.64. The van der Waals surface area contributed by atoms with Gasteiger partial charge in [-0.2, -0.15) is 0 Å². The van der Waals surface area contributed by atoms with Crippen LogP contribution in [0.5, 0.6) is 0 Å². The van der Waals surface area contributed by atoms with Crippen molar-refractivity contribution in [2.24, 2.45) is 11.8 Å². The Kier molecular flexibility index (Phi) is 12.0. The standard InChI is InChI=1S/C35H49N3O7/c1-5-9-14-21-37(20-7-3)34(43)31-35-19-18-27(45-35)29(30(35)33(42)38(31)25(8-4)22-39)32(41)36-26(24-15-12-11-13-16-24)23-44-28(40)17-10-6-2/h6-7,11-13,15-16,25-27,29-31,39H,2-3,5,8-10,14,17-23H2,1,4H3,(H,36,41)/t25-,26-,27-,29+,30+,31-,35+/m0/s1. The number of aliphatic hydroxyl groups is 1. The van der Waals surface area contributed by atoms with E-state index in [0.717, 1.165) is 24.8 Å². The summed E-state index contributed by atoms with van der Waals surface area (Å²) in [6, 6.07) is 7.04. The van der Waals surface area contributed by atoms with Gasteiger partial charge in [-0.25, -0.2) is 0 Å². The first kappa shape index (κ1) is 34.4. The Labute approximate surface area is 266 Å². The zero-order valence-corrected chi connectivity index (χ0v) is 26.7. The molecule has 3 saturated heterocycles. The predicted octanol–water partition coefficient (Wildman–Crippen LogP) is 3.70. The molecule has 4 rings (SSSR count). The van der Waals surface area contributed by atoms with E-state index in [1.54, 1.807) is 17.1 Å². The number of unbranched alkanes of at least 4 members (excludes halogenated alkanes) is 2. The Hall–Kier alpha value is -3.50. The third-order valence-corrected chi connectivity index (χ3v) is 9.52. The number of fused-ring (bicyclic) bond motifs is 1. The molecule has 0 aliphatic carbocycles. The molecule has 246 valence electrons. The summed E-state index contributed by atoms with van der Waals surface area (Å²) in [6.45, 7) is 11.9. The first-order valence-corrected chi connectivity index (χ1v) is 16.4. The quantitative estimate of drug-likeness (QED) is 0.145. The molecule has 3 aliphatic heterocycles. The average molecular weight is 624 g/mol. The van der Waals surface area contributed by atoms with Crippen LogP contribution in [0.25, 0.3) is 0 Å². The number of hydrogen-bond acceptors (Lipinski definition) is 7. The van der Waals surface area contributed by atoms with Crippen LogP contribution < -0.4 is 5.32 Å². The van der Waals surface area contributed by atoms with Crippen LogP contribution in [0.3, 0.4) is 0 Å². The van der Waals surface area contributed by atoms with Crippen LogP contribution in [0, 0.1) is 11.8 Å². The number of allylic oxidation sites excluding steroid dienone is 1. The molecule has 3 fully saturated rings. The molecule has 45 heavy (non-hydrogen) atoms. The highest BCUT2D eigenvalue weighted by Crippen LogP contribution is 2.59. The molecule has 1 aromatic rings. The minimum Gasteiger partial charge on any atom is -0.463 e. The van der Waals surface area contributed by atoms with Crippen molar-refractivity contribution in [3.05, 3.63) is 61.2 Å². The van der Waals surface area contributed by atoms with Gasteiger partial charge in [-0.15, -0.1) is 13.2 Å². The first-order chi connectivity index (χ1) is 21.8. The van der Waals surface area contributed by atoms with E-state index in [1.807, 2.05) is 37.3 Å². The number of carbonyl (C=O) groups excluding carboxylic acids is 4. The summed E-state index contributed by atoms with van der Waals surface area (Å²) in [5.41, 5.74) is -0.417. The van der Waals surface area contributed by atoms with Gasteiger partial charge in [0.15, 0.2) is 0 Å². The number of nitrogens with one attached hydrogen (secondary N) is 1. The molecule has 10 heteroatoms. The van der Waals surface area contributed by atoms with Crippen LogP contribution >= 0.6 is 0 Å². The van der Waals surface area contributed by atoms with Gasteiger partial charge in [0.2, 0.25) is 17.7 Å². The smallest absolute Gasteiger partial charge is 0.306 e. The van der Waals surface area contributed by atoms with Crippen molar-refractivity contribution in [1.82, 2.24) is 15.1 Å². The molecular weight excluding hydrogens is 574 g/mol. The van der Waals surface area contributed by atoms with E-state index in [0.29, 0.717) is 38.8 Å². The van der Waals surface area contributed by atoms with E-state index in [2.05, 4.69) is 25.4 Å². The topological polar surface area (TPSA) is 125 Å². The van der Waals surface area contributed by atoms with Crippen molar-refractivity contribution in [2.45, 2.75) is 95.0 Å². The van der Waals surface area contributed by atoms with Crippen molar-refractivity contribution in [2.75, 3.05) is 26.3 Å². The minimum atomic E-state index is -1.17. The Morgan fingerprint density at radius 1 is 1.20 bits per heavy atom. The number of likely N-dealkylation sites (tertiary alicyclic amines) is 1. The van der Waals surface area contributed by atoms with Crippen molar-refractivity contribution < 1.29 is 33.8 Å². The van der Waals surface area contributed by atoms with Crippen molar-refractivity contribution in [3.63, 3.8) is 0 Å². The molecule has 0 radical (unpaired) electrons. The highest BCUT2D eigenvalue weighted by molar-refractivity contribution is 5.99. The molecule has 0 aromatic heterocycles. The number of benzene rings is 1. The van der Waals surface area contributed by atoms with Crippen molar-refractivity contribution >= 4 is 23.7 Å². The fourth-order valence-electron chi connectivity index (χ4n) is 7.29. The fourth-order valence-corrected chi connectivity index (χ4v) is 7.29. The second-order valence-electron chi connectivity index (χ2n) is 12.3. The SMILES string of the molecule is C=CCCC(=O)OC[C@H](NC(=O)[C@@H]1[C@@H]2CC[C@]3(O2)[C@H](C(=O)N(CC=C)CCCCC)N([C@@H](CC)CO)C(=O)[C@@H]13)c1ccccc1. The van der Waals surface area contributed by atoms with Crippen LogP contribution in [0.2, 0.25) is 0 Å². The van der Waals surface area contributed by atoms with E-state index in [-0.39, 0.29) is 37.4 Å². The number of aliphatic hydroxyl groups excluding tert-OH is 1. The van der Waals surface area contributed by atoms with Crippen LogP contribution in [-0.4, -0.2) is 88.7 Å². The molecule has 1 aromatic carbocycles. The summed E-state index contributed by atoms with van der Waals surface area (Å²) in [7, 11) is 0. The third-order valence-electron chi connectivity index (χ3n) is 9.52. The van der Waals surface area contributed by atoms with E-state index >= 15 is 0 Å². The summed E-state index contributed by atoms with van der Waals surface area (Å²) in [5.74, 6) is -3.06. The lowest BCUT2D eigenvalue weighted by molar-refractivity contribution is -0.151. The number of esters is 1. The van der Waals surface area contributed by atoms with Gasteiger partial charge in [0.25, 0.3) is 0 Å². The molecule has 2 N–H and O–H groups in total. The van der Waals surface area contributed by atoms with Crippen molar-refractivity contribution in [1.29, 1.82) is 0 Å². The van der Waals surface area contributed by atoms with Gasteiger partial charge in [0, 0.05) is 19.5 Å². The average Bonchev–Trinajstić information content (AvgIpc) is 3.70. The van der Waals surface area contributed by atoms with Crippen LogP contribution in [0.1, 0.15) is 76.8 Å². The maximum atomic E-state index is 14.4. The lowest BCUT2D eigenvalue weighted by Gasteiger charge is -2.39. The number of hydrogen-bond donors (Lipinski definition) is 2. The van der Waals surface area contributed by atoms with Crippen LogP contribution in [0.15, 0.2) is 55.6 Å². The van der Waals surface area contributed by atoms with Gasteiger partial charge in [0.1, 0.15) is 18.2 Å². The molecule has 7 atom stereocenters. The highest BCUT2D eigenvalue weighted by Gasteiger charge is 2.75. The lowest BCUT2D eigenvalue weighted by Crippen LogP contribution is -2.58. The maximum Gasteiger partial charge on any atom is 0.306 e. The van der Waals surface area contributed by atoms with Crippen LogP contribution in [0.4, 0.5) is 0 Å². The summed E-state index contributed by atoms with van der Waals surface area (Å²) >= 11 is 0. The number of ether oxygens (including phenoxy) is 2. The molecule has 2 bridgehead atoms. The van der Waals surface area contributed by atoms with Gasteiger partial charge < -0.3 is 29.7 Å². The Morgan fingerprint density at radius 2 is 1.96 bits per heavy atom. The molecule has 0 unspecified atom stereocenters. The Bertz CT molecular complexity index is 1220. The van der Waals surface area contributed by atoms with Crippen LogP contribution in [-0.2, 0) is 28.7 Å². The zero-order chi connectivity index (χ0) is 32.6. The number of amides is 3. The fraction of sp³-hybridized carbons (Fsp3) is 0.600. The first-order valence-electron chi connectivity index (χ1n) is 16.4. The van der Waals surface area contributed by atoms with E-state index in [9.17, 15) is 24.3 Å². The number of carbonyl (C=O) groups is 4. The van der Waals surface area contributed by atoms with E-state index in [4.69, 9.17) is 9.47 Å². The van der Waals surface area contributed by atoms with Gasteiger partial charge in [0.05, 0.1) is 36.6 Å². The summed E-state index contributed by atoms with van der Waals surface area (Å²) in [6.07, 6.45) is 7.67. The maximum absolute atomic E-state index is 14.4. The lowest BCUT2D eigenvalue weighted by atomic mass is 9.70. The summed E-state index contributed by atoms with van der Waals surface area (Å²) < 4.78 is 12.1. The second kappa shape index (κ2) is 15.7. The number of rotatable bonds is 18. The van der Waals surface area contributed by atoms with E-state index < -0.39 is 47.6 Å². The predicted molar refractivity (Wildman–Crippen MR) is 170 cm³/mol. The summed E-state index contributed by atoms with van der Waals surface area (Å²) in [5, 5.41) is 13.4. The van der Waals surface area contributed by atoms with Crippen molar-refractivity contribution in [3.8, 4) is 0 Å². The third kappa shape index (κ3) is 7.02. The van der Waals surface area contributed by atoms with Gasteiger partial charge in [-0.1, -0.05) is 69.2 Å². The van der Waals surface area contributed by atoms with E-state index in [1.165, 1.54) is 4.90 Å². The molecule has 3 aliphatic rings. The zero-order valence-electron chi connectivity index (χ0n) is 26.7. The highest BCUT2D eigenvalue weighted by atomic mass is 16.5. The monoisotopic (exact) mass is 623 g/mol.